The SMILES string of the molecule is CC(C)NS(=O)(=O)c1ccc(F)c(C(=O)NCc2ccc(-n3cncn3)cc2)c1. The van der Waals surface area contributed by atoms with E-state index in [-0.39, 0.29) is 23.0 Å². The van der Waals surface area contributed by atoms with E-state index in [2.05, 4.69) is 20.1 Å². The Bertz CT molecular complexity index is 1100. The summed E-state index contributed by atoms with van der Waals surface area (Å²) in [5, 5.41) is 6.63. The Labute approximate surface area is 167 Å². The van der Waals surface area contributed by atoms with Crippen LogP contribution in [0.3, 0.4) is 0 Å². The van der Waals surface area contributed by atoms with Crippen LogP contribution < -0.4 is 10.0 Å². The summed E-state index contributed by atoms with van der Waals surface area (Å²) >= 11 is 0. The minimum Gasteiger partial charge on any atom is -0.348 e. The number of hydrogen-bond acceptors (Lipinski definition) is 5. The van der Waals surface area contributed by atoms with Gasteiger partial charge in [0.25, 0.3) is 5.91 Å². The second kappa shape index (κ2) is 8.50. The fraction of sp³-hybridized carbons (Fsp3) is 0.211. The zero-order valence-electron chi connectivity index (χ0n) is 15.8. The number of sulfonamides is 1. The minimum absolute atomic E-state index is 0.150. The van der Waals surface area contributed by atoms with Crippen molar-refractivity contribution in [2.45, 2.75) is 31.3 Å². The molecule has 2 aromatic carbocycles. The van der Waals surface area contributed by atoms with Gasteiger partial charge in [-0.15, -0.1) is 0 Å². The summed E-state index contributed by atoms with van der Waals surface area (Å²) in [5.74, 6) is -1.50. The summed E-state index contributed by atoms with van der Waals surface area (Å²) in [5.41, 5.74) is 1.25. The summed E-state index contributed by atoms with van der Waals surface area (Å²) in [6.07, 6.45) is 2.99. The van der Waals surface area contributed by atoms with E-state index in [9.17, 15) is 17.6 Å². The van der Waals surface area contributed by atoms with Crippen molar-refractivity contribution >= 4 is 15.9 Å². The molecule has 0 unspecified atom stereocenters. The van der Waals surface area contributed by atoms with Crippen molar-refractivity contribution in [3.63, 3.8) is 0 Å². The van der Waals surface area contributed by atoms with Crippen LogP contribution >= 0.6 is 0 Å². The van der Waals surface area contributed by atoms with Crippen molar-refractivity contribution in [2.75, 3.05) is 0 Å². The van der Waals surface area contributed by atoms with Crippen molar-refractivity contribution in [3.05, 3.63) is 72.1 Å². The molecule has 0 radical (unpaired) electrons. The molecule has 152 valence electrons. The molecule has 0 saturated carbocycles. The van der Waals surface area contributed by atoms with Gasteiger partial charge in [0.15, 0.2) is 0 Å². The normalized spacial score (nSPS) is 11.6. The summed E-state index contributed by atoms with van der Waals surface area (Å²) in [7, 11) is -3.84. The third-order valence-electron chi connectivity index (χ3n) is 3.96. The summed E-state index contributed by atoms with van der Waals surface area (Å²) in [6, 6.07) is 9.99. The smallest absolute Gasteiger partial charge is 0.254 e. The molecule has 0 fully saturated rings. The largest absolute Gasteiger partial charge is 0.348 e. The van der Waals surface area contributed by atoms with E-state index in [1.165, 1.54) is 6.33 Å². The molecule has 3 aromatic rings. The topological polar surface area (TPSA) is 106 Å². The van der Waals surface area contributed by atoms with Gasteiger partial charge < -0.3 is 5.32 Å². The lowest BCUT2D eigenvalue weighted by molar-refractivity contribution is 0.0946. The molecule has 2 N–H and O–H groups in total. The fourth-order valence-corrected chi connectivity index (χ4v) is 3.89. The molecule has 1 amide bonds. The number of amides is 1. The first kappa shape index (κ1) is 20.6. The van der Waals surface area contributed by atoms with Gasteiger partial charge in [0.1, 0.15) is 18.5 Å². The van der Waals surface area contributed by atoms with Crippen molar-refractivity contribution in [1.29, 1.82) is 0 Å². The number of rotatable bonds is 7. The number of carbonyl (C=O) groups is 1. The highest BCUT2D eigenvalue weighted by Gasteiger charge is 2.20. The first-order valence-electron chi connectivity index (χ1n) is 8.80. The van der Waals surface area contributed by atoms with Crippen LogP contribution in [-0.2, 0) is 16.6 Å². The van der Waals surface area contributed by atoms with Crippen LogP contribution in [0.2, 0.25) is 0 Å². The fourth-order valence-electron chi connectivity index (χ4n) is 2.61. The van der Waals surface area contributed by atoms with Crippen molar-refractivity contribution in [2.24, 2.45) is 0 Å². The molecule has 8 nitrogen and oxygen atoms in total. The van der Waals surface area contributed by atoms with Gasteiger partial charge in [-0.3, -0.25) is 4.79 Å². The van der Waals surface area contributed by atoms with E-state index in [0.717, 1.165) is 29.4 Å². The molecule has 29 heavy (non-hydrogen) atoms. The van der Waals surface area contributed by atoms with Gasteiger partial charge in [0.05, 0.1) is 16.1 Å². The Hall–Kier alpha value is -3.11. The predicted octanol–water partition coefficient (Wildman–Crippen LogP) is 2.02. The Morgan fingerprint density at radius 2 is 1.90 bits per heavy atom. The maximum Gasteiger partial charge on any atom is 0.254 e. The number of carbonyl (C=O) groups excluding carboxylic acids is 1. The van der Waals surface area contributed by atoms with E-state index in [4.69, 9.17) is 0 Å². The quantitative estimate of drug-likeness (QED) is 0.612. The molecule has 0 aliphatic rings. The molecule has 3 rings (SSSR count). The third-order valence-corrected chi connectivity index (χ3v) is 5.61. The van der Waals surface area contributed by atoms with Gasteiger partial charge >= 0.3 is 0 Å². The zero-order chi connectivity index (χ0) is 21.0. The molecular formula is C19H20FN5O3S. The highest BCUT2D eigenvalue weighted by Crippen LogP contribution is 2.16. The number of halogens is 1. The summed E-state index contributed by atoms with van der Waals surface area (Å²) in [4.78, 5) is 16.1. The van der Waals surface area contributed by atoms with Crippen molar-refractivity contribution in [1.82, 2.24) is 24.8 Å². The molecule has 0 spiro atoms. The molecule has 1 heterocycles. The molecule has 0 saturated heterocycles. The Morgan fingerprint density at radius 1 is 1.17 bits per heavy atom. The average Bonchev–Trinajstić information content (AvgIpc) is 3.20. The van der Waals surface area contributed by atoms with Gasteiger partial charge in [-0.2, -0.15) is 5.10 Å². The molecule has 0 bridgehead atoms. The highest BCUT2D eigenvalue weighted by atomic mass is 32.2. The van der Waals surface area contributed by atoms with E-state index < -0.39 is 21.7 Å². The number of aromatic nitrogens is 3. The summed E-state index contributed by atoms with van der Waals surface area (Å²) < 4.78 is 42.6. The predicted molar refractivity (Wildman–Crippen MR) is 104 cm³/mol. The average molecular weight is 417 g/mol. The lowest BCUT2D eigenvalue weighted by Gasteiger charge is -2.12. The summed E-state index contributed by atoms with van der Waals surface area (Å²) in [6.45, 7) is 3.49. The Morgan fingerprint density at radius 3 is 2.52 bits per heavy atom. The highest BCUT2D eigenvalue weighted by molar-refractivity contribution is 7.89. The lowest BCUT2D eigenvalue weighted by atomic mass is 10.1. The van der Waals surface area contributed by atoms with Crippen LogP contribution in [0.25, 0.3) is 5.69 Å². The minimum atomic E-state index is -3.84. The van der Waals surface area contributed by atoms with Gasteiger partial charge in [0, 0.05) is 12.6 Å². The monoisotopic (exact) mass is 417 g/mol. The van der Waals surface area contributed by atoms with E-state index in [1.54, 1.807) is 37.0 Å². The number of nitrogens with zero attached hydrogens (tertiary/aromatic N) is 3. The molecule has 10 heteroatoms. The number of hydrogen-bond donors (Lipinski definition) is 2. The van der Waals surface area contributed by atoms with Crippen LogP contribution in [0.15, 0.2) is 60.0 Å². The van der Waals surface area contributed by atoms with Gasteiger partial charge in [-0.1, -0.05) is 12.1 Å². The zero-order valence-corrected chi connectivity index (χ0v) is 16.6. The van der Waals surface area contributed by atoms with Crippen LogP contribution in [0.1, 0.15) is 29.8 Å². The van der Waals surface area contributed by atoms with E-state index in [1.807, 2.05) is 12.1 Å². The van der Waals surface area contributed by atoms with Crippen LogP contribution in [0, 0.1) is 5.82 Å². The van der Waals surface area contributed by atoms with Gasteiger partial charge in [-0.25, -0.2) is 27.2 Å². The molecule has 0 aliphatic carbocycles. The first-order valence-corrected chi connectivity index (χ1v) is 10.3. The Kier molecular flexibility index (Phi) is 6.04. The maximum atomic E-state index is 14.1. The van der Waals surface area contributed by atoms with E-state index in [0.29, 0.717) is 0 Å². The second-order valence-corrected chi connectivity index (χ2v) is 8.32. The second-order valence-electron chi connectivity index (χ2n) is 6.61. The first-order chi connectivity index (χ1) is 13.8. The van der Waals surface area contributed by atoms with Crippen LogP contribution in [0.4, 0.5) is 4.39 Å². The van der Waals surface area contributed by atoms with Crippen molar-refractivity contribution < 1.29 is 17.6 Å². The van der Waals surface area contributed by atoms with Gasteiger partial charge in [-0.05, 0) is 49.7 Å². The van der Waals surface area contributed by atoms with Crippen LogP contribution in [0.5, 0.6) is 0 Å². The van der Waals surface area contributed by atoms with E-state index >= 15 is 0 Å². The lowest BCUT2D eigenvalue weighted by Crippen LogP contribution is -2.31. The molecule has 1 aromatic heterocycles. The van der Waals surface area contributed by atoms with Gasteiger partial charge in [0.2, 0.25) is 10.0 Å². The number of benzene rings is 2. The standard InChI is InChI=1S/C19H20FN5O3S/c1-13(2)24-29(27,28)16-7-8-18(20)17(9-16)19(26)22-10-14-3-5-15(6-4-14)25-12-21-11-23-25/h3-9,11-13,24H,10H2,1-2H3,(H,22,26). The Balaban J connectivity index is 1.71. The maximum absolute atomic E-state index is 14.1. The molecular weight excluding hydrogens is 397 g/mol. The molecule has 0 atom stereocenters. The number of nitrogens with one attached hydrogen (secondary N) is 2. The van der Waals surface area contributed by atoms with Crippen molar-refractivity contribution in [3.8, 4) is 5.69 Å². The molecule has 0 aliphatic heterocycles. The third kappa shape index (κ3) is 5.04. The van der Waals surface area contributed by atoms with Crippen LogP contribution in [-0.4, -0.2) is 35.1 Å².